The fourth-order valence-electron chi connectivity index (χ4n) is 1.43. The van der Waals surface area contributed by atoms with Crippen molar-refractivity contribution in [2.75, 3.05) is 21.3 Å². The average Bonchev–Trinajstić information content (AvgIpc) is 2.21. The average molecular weight is 221 g/mol. The van der Waals surface area contributed by atoms with Gasteiger partial charge in [0.15, 0.2) is 0 Å². The Morgan fingerprint density at radius 2 is 1.57 bits per heavy atom. The summed E-state index contributed by atoms with van der Waals surface area (Å²) < 4.78 is 15.9. The predicted molar refractivity (Wildman–Crippen MR) is 59.1 cm³/mol. The van der Waals surface area contributed by atoms with Gasteiger partial charge in [-0.2, -0.15) is 0 Å². The molecule has 1 unspecified atom stereocenters. The quantitative estimate of drug-likeness (QED) is 0.629. The lowest BCUT2D eigenvalue weighted by Crippen LogP contribution is -2.43. The minimum absolute atomic E-state index is 0.229. The zero-order valence-electron chi connectivity index (χ0n) is 9.71. The van der Waals surface area contributed by atoms with Crippen molar-refractivity contribution < 1.29 is 13.3 Å². The summed E-state index contributed by atoms with van der Waals surface area (Å²) in [6.45, 7) is 2.13. The van der Waals surface area contributed by atoms with Crippen LogP contribution in [0.2, 0.25) is 6.04 Å². The molecule has 0 amide bonds. The number of rotatable bonds is 8. The summed E-state index contributed by atoms with van der Waals surface area (Å²) in [6, 6.07) is 1.02. The molecule has 0 radical (unpaired) electrons. The maximum atomic E-state index is 5.91. The van der Waals surface area contributed by atoms with E-state index in [1.807, 2.05) is 0 Å². The first-order valence-corrected chi connectivity index (χ1v) is 6.98. The van der Waals surface area contributed by atoms with Crippen molar-refractivity contribution in [3.8, 4) is 0 Å². The molecule has 0 heterocycles. The molecule has 0 aromatic heterocycles. The summed E-state index contributed by atoms with van der Waals surface area (Å²) in [6.07, 6.45) is 3.06. The Balaban J connectivity index is 3.92. The molecule has 0 rings (SSSR count). The fourth-order valence-corrected chi connectivity index (χ4v) is 3.27. The van der Waals surface area contributed by atoms with Crippen LogP contribution in [0.5, 0.6) is 0 Å². The molecule has 4 nitrogen and oxygen atoms in total. The van der Waals surface area contributed by atoms with Gasteiger partial charge in [0.1, 0.15) is 0 Å². The molecule has 0 aliphatic heterocycles. The minimum Gasteiger partial charge on any atom is -0.377 e. The van der Waals surface area contributed by atoms with Crippen molar-refractivity contribution >= 4 is 8.80 Å². The van der Waals surface area contributed by atoms with Gasteiger partial charge in [-0.25, -0.2) is 0 Å². The van der Waals surface area contributed by atoms with Gasteiger partial charge in [-0.3, -0.25) is 0 Å². The molecule has 1 atom stereocenters. The minimum atomic E-state index is -2.39. The lowest BCUT2D eigenvalue weighted by molar-refractivity contribution is 0.122. The van der Waals surface area contributed by atoms with Crippen molar-refractivity contribution in [3.05, 3.63) is 0 Å². The zero-order valence-corrected chi connectivity index (χ0v) is 10.7. The number of hydrogen-bond acceptors (Lipinski definition) is 4. The maximum Gasteiger partial charge on any atom is 0.500 e. The fraction of sp³-hybridized carbons (Fsp3) is 1.00. The van der Waals surface area contributed by atoms with E-state index in [1.165, 1.54) is 0 Å². The molecule has 5 heteroatoms. The molecule has 2 N–H and O–H groups in total. The van der Waals surface area contributed by atoms with Crippen molar-refractivity contribution in [2.24, 2.45) is 5.73 Å². The first kappa shape index (κ1) is 14.1. The molecule has 0 aliphatic rings. The van der Waals surface area contributed by atoms with Gasteiger partial charge in [0.2, 0.25) is 0 Å². The Hall–Kier alpha value is 0.0569. The zero-order chi connectivity index (χ0) is 11.0. The molecule has 0 aromatic carbocycles. The van der Waals surface area contributed by atoms with Gasteiger partial charge >= 0.3 is 8.80 Å². The third-order valence-corrected chi connectivity index (χ3v) is 5.18. The van der Waals surface area contributed by atoms with Gasteiger partial charge < -0.3 is 19.0 Å². The summed E-state index contributed by atoms with van der Waals surface area (Å²) in [5.41, 5.74) is 5.91. The molecule has 0 bridgehead atoms. The smallest absolute Gasteiger partial charge is 0.377 e. The van der Waals surface area contributed by atoms with E-state index in [4.69, 9.17) is 19.0 Å². The van der Waals surface area contributed by atoms with Crippen LogP contribution >= 0.6 is 0 Å². The largest absolute Gasteiger partial charge is 0.500 e. The van der Waals surface area contributed by atoms with Gasteiger partial charge in [0.25, 0.3) is 0 Å². The van der Waals surface area contributed by atoms with Crippen LogP contribution in [-0.4, -0.2) is 36.2 Å². The molecule has 14 heavy (non-hydrogen) atoms. The summed E-state index contributed by atoms with van der Waals surface area (Å²) in [7, 11) is 2.50. The lowest BCUT2D eigenvalue weighted by atomic mass is 10.1. The first-order valence-electron chi connectivity index (χ1n) is 5.05. The van der Waals surface area contributed by atoms with E-state index in [-0.39, 0.29) is 6.04 Å². The Bertz CT molecular complexity index is 134. The second-order valence-corrected chi connectivity index (χ2v) is 6.47. The van der Waals surface area contributed by atoms with Crippen LogP contribution in [0.3, 0.4) is 0 Å². The summed E-state index contributed by atoms with van der Waals surface area (Å²) >= 11 is 0. The van der Waals surface area contributed by atoms with Gasteiger partial charge in [0, 0.05) is 33.4 Å². The number of hydrogen-bond donors (Lipinski definition) is 1. The molecule has 0 spiro atoms. The van der Waals surface area contributed by atoms with E-state index in [0.717, 1.165) is 25.3 Å². The standard InChI is InChI=1S/C9H23NO3Si/c1-5-6-9(10)7-8-14(11-2,12-3)13-4/h9H,5-8,10H2,1-4H3. The van der Waals surface area contributed by atoms with Crippen molar-refractivity contribution in [2.45, 2.75) is 38.3 Å². The third kappa shape index (κ3) is 4.52. The van der Waals surface area contributed by atoms with E-state index in [1.54, 1.807) is 21.3 Å². The third-order valence-electron chi connectivity index (χ3n) is 2.41. The monoisotopic (exact) mass is 221 g/mol. The highest BCUT2D eigenvalue weighted by Crippen LogP contribution is 2.17. The molecule has 0 saturated heterocycles. The molecule has 0 aromatic rings. The highest BCUT2D eigenvalue weighted by molar-refractivity contribution is 6.60. The second kappa shape index (κ2) is 7.36. The lowest BCUT2D eigenvalue weighted by Gasteiger charge is -2.25. The Labute approximate surface area is 88.1 Å². The molecule has 0 saturated carbocycles. The maximum absolute atomic E-state index is 5.91. The first-order chi connectivity index (χ1) is 6.64. The van der Waals surface area contributed by atoms with Gasteiger partial charge in [0.05, 0.1) is 0 Å². The summed E-state index contributed by atoms with van der Waals surface area (Å²) in [4.78, 5) is 0. The molecular formula is C9H23NO3Si. The van der Waals surface area contributed by atoms with Gasteiger partial charge in [-0.05, 0) is 12.8 Å². The molecule has 0 fully saturated rings. The van der Waals surface area contributed by atoms with Crippen LogP contribution in [0.4, 0.5) is 0 Å². The molecule has 86 valence electrons. The van der Waals surface area contributed by atoms with Crippen molar-refractivity contribution in [1.82, 2.24) is 0 Å². The normalized spacial score (nSPS) is 14.4. The van der Waals surface area contributed by atoms with E-state index in [2.05, 4.69) is 6.92 Å². The Morgan fingerprint density at radius 1 is 1.07 bits per heavy atom. The van der Waals surface area contributed by atoms with E-state index >= 15 is 0 Å². The van der Waals surface area contributed by atoms with Crippen LogP contribution in [-0.2, 0) is 13.3 Å². The Kier molecular flexibility index (Phi) is 7.39. The van der Waals surface area contributed by atoms with Crippen LogP contribution in [0.1, 0.15) is 26.2 Å². The van der Waals surface area contributed by atoms with E-state index < -0.39 is 8.80 Å². The molecule has 0 aliphatic carbocycles. The highest BCUT2D eigenvalue weighted by Gasteiger charge is 2.37. The van der Waals surface area contributed by atoms with Crippen LogP contribution < -0.4 is 5.73 Å². The van der Waals surface area contributed by atoms with Gasteiger partial charge in [-0.15, -0.1) is 0 Å². The van der Waals surface area contributed by atoms with E-state index in [0.29, 0.717) is 0 Å². The molecular weight excluding hydrogens is 198 g/mol. The topological polar surface area (TPSA) is 53.7 Å². The van der Waals surface area contributed by atoms with E-state index in [9.17, 15) is 0 Å². The van der Waals surface area contributed by atoms with Crippen LogP contribution in [0, 0.1) is 0 Å². The Morgan fingerprint density at radius 3 is 1.93 bits per heavy atom. The van der Waals surface area contributed by atoms with Crippen LogP contribution in [0.25, 0.3) is 0 Å². The predicted octanol–water partition coefficient (Wildman–Crippen LogP) is 1.38. The van der Waals surface area contributed by atoms with Crippen molar-refractivity contribution in [1.29, 1.82) is 0 Å². The SMILES string of the molecule is CCCC(N)CC[Si](OC)(OC)OC. The van der Waals surface area contributed by atoms with Crippen LogP contribution in [0.15, 0.2) is 0 Å². The summed E-state index contributed by atoms with van der Waals surface area (Å²) in [5, 5.41) is 0. The second-order valence-electron chi connectivity index (χ2n) is 3.38. The highest BCUT2D eigenvalue weighted by atomic mass is 28.4. The van der Waals surface area contributed by atoms with Crippen molar-refractivity contribution in [3.63, 3.8) is 0 Å². The van der Waals surface area contributed by atoms with Gasteiger partial charge in [-0.1, -0.05) is 13.3 Å². The summed E-state index contributed by atoms with van der Waals surface area (Å²) in [5.74, 6) is 0. The number of nitrogens with two attached hydrogens (primary N) is 1.